The molecule has 154 valence electrons. The van der Waals surface area contributed by atoms with E-state index in [0.717, 1.165) is 5.56 Å². The molecule has 0 saturated carbocycles. The minimum atomic E-state index is -0.889. The Bertz CT molecular complexity index is 1110. The summed E-state index contributed by atoms with van der Waals surface area (Å²) >= 11 is 5.82. The van der Waals surface area contributed by atoms with Crippen molar-refractivity contribution in [1.82, 2.24) is 9.88 Å². The number of aromatic nitrogens is 1. The molecular formula is C22H19ClFN3O3. The first kappa shape index (κ1) is 20.3. The average Bonchev–Trinajstić information content (AvgIpc) is 2.74. The topological polar surface area (TPSA) is 82.5 Å². The van der Waals surface area contributed by atoms with E-state index in [0.29, 0.717) is 34.6 Å². The van der Waals surface area contributed by atoms with Crippen LogP contribution in [0.3, 0.4) is 0 Å². The van der Waals surface area contributed by atoms with Gasteiger partial charge in [-0.3, -0.25) is 14.6 Å². The molecule has 1 saturated heterocycles. The third-order valence-electron chi connectivity index (χ3n) is 5.30. The Morgan fingerprint density at radius 1 is 1.17 bits per heavy atom. The number of nitrogens with one attached hydrogen (secondary N) is 1. The fourth-order valence-electron chi connectivity index (χ4n) is 3.80. The number of pyridine rings is 1. The highest BCUT2D eigenvalue weighted by molar-refractivity contribution is 6.39. The Hall–Kier alpha value is -3.03. The molecule has 3 aromatic rings. The molecule has 1 aromatic heterocycles. The predicted octanol–water partition coefficient (Wildman–Crippen LogP) is 3.34. The van der Waals surface area contributed by atoms with Gasteiger partial charge >= 0.3 is 11.8 Å². The van der Waals surface area contributed by atoms with Crippen LogP contribution in [0.1, 0.15) is 17.9 Å². The lowest BCUT2D eigenvalue weighted by Crippen LogP contribution is -2.49. The largest absolute Gasteiger partial charge is 0.391 e. The van der Waals surface area contributed by atoms with Crippen molar-refractivity contribution in [2.24, 2.45) is 0 Å². The summed E-state index contributed by atoms with van der Waals surface area (Å²) < 4.78 is 13.7. The molecule has 30 heavy (non-hydrogen) atoms. The van der Waals surface area contributed by atoms with E-state index in [1.54, 1.807) is 42.6 Å². The summed E-state index contributed by atoms with van der Waals surface area (Å²) in [5.74, 6) is -2.16. The highest BCUT2D eigenvalue weighted by Crippen LogP contribution is 2.33. The van der Waals surface area contributed by atoms with Crippen LogP contribution in [0.15, 0.2) is 54.7 Å². The Morgan fingerprint density at radius 2 is 1.93 bits per heavy atom. The van der Waals surface area contributed by atoms with Gasteiger partial charge in [0, 0.05) is 41.3 Å². The van der Waals surface area contributed by atoms with E-state index in [1.165, 1.54) is 17.0 Å². The summed E-state index contributed by atoms with van der Waals surface area (Å²) in [6, 6.07) is 12.5. The van der Waals surface area contributed by atoms with E-state index < -0.39 is 17.9 Å². The van der Waals surface area contributed by atoms with Crippen molar-refractivity contribution in [3.63, 3.8) is 0 Å². The molecule has 0 aliphatic carbocycles. The number of carbonyl (C=O) groups is 2. The fourth-order valence-corrected chi connectivity index (χ4v) is 3.93. The van der Waals surface area contributed by atoms with Gasteiger partial charge in [-0.25, -0.2) is 4.39 Å². The van der Waals surface area contributed by atoms with Crippen molar-refractivity contribution in [3.05, 3.63) is 71.1 Å². The normalized spacial score (nSPS) is 19.0. The monoisotopic (exact) mass is 427 g/mol. The van der Waals surface area contributed by atoms with Gasteiger partial charge < -0.3 is 15.3 Å². The Labute approximate surface area is 177 Å². The van der Waals surface area contributed by atoms with Gasteiger partial charge in [0.05, 0.1) is 11.6 Å². The Morgan fingerprint density at radius 3 is 2.67 bits per heavy atom. The first-order chi connectivity index (χ1) is 14.4. The number of likely N-dealkylation sites (tertiary alicyclic amines) is 1. The molecular weight excluding hydrogens is 409 g/mol. The van der Waals surface area contributed by atoms with Gasteiger partial charge in [0.1, 0.15) is 5.82 Å². The number of fused-ring (bicyclic) bond motifs is 1. The summed E-state index contributed by atoms with van der Waals surface area (Å²) in [7, 11) is 0. The Kier molecular flexibility index (Phi) is 5.65. The average molecular weight is 428 g/mol. The SMILES string of the molecule is O=C(Nc1ccc(Cl)cc1)C(=O)N1CC[C@H](c2ccnc3ccc(F)cc23)[C@H](O)C1. The molecule has 0 spiro atoms. The Balaban J connectivity index is 1.46. The maximum absolute atomic E-state index is 13.7. The number of halogens is 2. The minimum Gasteiger partial charge on any atom is -0.391 e. The molecule has 1 aliphatic rings. The second-order valence-electron chi connectivity index (χ2n) is 7.24. The van der Waals surface area contributed by atoms with Crippen LogP contribution in [0.2, 0.25) is 5.02 Å². The third kappa shape index (κ3) is 4.13. The molecule has 8 heteroatoms. The quantitative estimate of drug-likeness (QED) is 0.614. The molecule has 6 nitrogen and oxygen atoms in total. The first-order valence-corrected chi connectivity index (χ1v) is 9.88. The lowest BCUT2D eigenvalue weighted by atomic mass is 9.85. The molecule has 4 rings (SSSR count). The number of aliphatic hydroxyl groups excluding tert-OH is 1. The zero-order chi connectivity index (χ0) is 21.3. The van der Waals surface area contributed by atoms with Crippen molar-refractivity contribution in [2.75, 3.05) is 18.4 Å². The molecule has 1 aliphatic heterocycles. The molecule has 2 amide bonds. The van der Waals surface area contributed by atoms with Gasteiger partial charge in [0.25, 0.3) is 0 Å². The number of piperidine rings is 1. The zero-order valence-electron chi connectivity index (χ0n) is 15.9. The summed E-state index contributed by atoms with van der Waals surface area (Å²) in [4.78, 5) is 30.4. The number of rotatable bonds is 2. The van der Waals surface area contributed by atoms with Gasteiger partial charge in [0.2, 0.25) is 0 Å². The standard InChI is InChI=1S/C22H19ClFN3O3/c23-13-1-4-15(5-2-13)26-21(29)22(30)27-10-8-17(20(28)12-27)16-7-9-25-19-6-3-14(24)11-18(16)19/h1-7,9,11,17,20,28H,8,10,12H2,(H,26,29)/t17-,20-/m1/s1. The number of nitrogens with zero attached hydrogens (tertiary/aromatic N) is 2. The lowest BCUT2D eigenvalue weighted by Gasteiger charge is -2.36. The molecule has 2 atom stereocenters. The molecule has 1 fully saturated rings. The third-order valence-corrected chi connectivity index (χ3v) is 5.55. The predicted molar refractivity (Wildman–Crippen MR) is 112 cm³/mol. The molecule has 2 aromatic carbocycles. The number of benzene rings is 2. The van der Waals surface area contributed by atoms with Crippen LogP contribution >= 0.6 is 11.6 Å². The van der Waals surface area contributed by atoms with Gasteiger partial charge in [-0.05, 0) is 60.5 Å². The van der Waals surface area contributed by atoms with Crippen LogP contribution in [0.5, 0.6) is 0 Å². The van der Waals surface area contributed by atoms with E-state index in [2.05, 4.69) is 10.3 Å². The summed E-state index contributed by atoms with van der Waals surface area (Å²) in [5.41, 5.74) is 1.88. The van der Waals surface area contributed by atoms with E-state index >= 15 is 0 Å². The molecule has 0 unspecified atom stereocenters. The van der Waals surface area contributed by atoms with E-state index in [9.17, 15) is 19.1 Å². The summed E-state index contributed by atoms with van der Waals surface area (Å²) in [6.07, 6.45) is 1.18. The smallest absolute Gasteiger partial charge is 0.313 e. The minimum absolute atomic E-state index is 0.0106. The van der Waals surface area contributed by atoms with Crippen LogP contribution < -0.4 is 5.32 Å². The number of hydrogen-bond acceptors (Lipinski definition) is 4. The van der Waals surface area contributed by atoms with Crippen LogP contribution in [0, 0.1) is 5.82 Å². The van der Waals surface area contributed by atoms with E-state index in [4.69, 9.17) is 11.6 Å². The number of β-amino-alcohol motifs (C(OH)–C–C–N with tert-alkyl or cyclic N) is 1. The second kappa shape index (κ2) is 8.38. The second-order valence-corrected chi connectivity index (χ2v) is 7.67. The van der Waals surface area contributed by atoms with Gasteiger partial charge in [-0.15, -0.1) is 0 Å². The summed E-state index contributed by atoms with van der Waals surface area (Å²) in [5, 5.41) is 14.4. The number of aliphatic hydroxyl groups is 1. The number of hydrogen-bond donors (Lipinski definition) is 2. The van der Waals surface area contributed by atoms with Crippen LogP contribution in [0.4, 0.5) is 10.1 Å². The van der Waals surface area contributed by atoms with Crippen molar-refractivity contribution >= 4 is 40.0 Å². The van der Waals surface area contributed by atoms with E-state index in [1.807, 2.05) is 0 Å². The molecule has 0 radical (unpaired) electrons. The number of amides is 2. The van der Waals surface area contributed by atoms with Gasteiger partial charge in [0.15, 0.2) is 0 Å². The number of carbonyl (C=O) groups excluding carboxylic acids is 2. The van der Waals surface area contributed by atoms with Crippen molar-refractivity contribution in [3.8, 4) is 0 Å². The zero-order valence-corrected chi connectivity index (χ0v) is 16.6. The molecule has 0 bridgehead atoms. The van der Waals surface area contributed by atoms with Crippen LogP contribution in [0.25, 0.3) is 10.9 Å². The van der Waals surface area contributed by atoms with Crippen molar-refractivity contribution in [2.45, 2.75) is 18.4 Å². The highest BCUT2D eigenvalue weighted by Gasteiger charge is 2.34. The lowest BCUT2D eigenvalue weighted by molar-refractivity contribution is -0.145. The molecule has 2 heterocycles. The highest BCUT2D eigenvalue weighted by atomic mass is 35.5. The first-order valence-electron chi connectivity index (χ1n) is 9.50. The fraction of sp³-hybridized carbons (Fsp3) is 0.227. The maximum atomic E-state index is 13.7. The van der Waals surface area contributed by atoms with Crippen molar-refractivity contribution in [1.29, 1.82) is 0 Å². The maximum Gasteiger partial charge on any atom is 0.313 e. The van der Waals surface area contributed by atoms with Crippen molar-refractivity contribution < 1.29 is 19.1 Å². The van der Waals surface area contributed by atoms with Crippen LogP contribution in [-0.4, -0.2) is 46.0 Å². The van der Waals surface area contributed by atoms with Crippen LogP contribution in [-0.2, 0) is 9.59 Å². The number of anilines is 1. The molecule has 2 N–H and O–H groups in total. The van der Waals surface area contributed by atoms with Gasteiger partial charge in [-0.1, -0.05) is 11.6 Å². The van der Waals surface area contributed by atoms with Gasteiger partial charge in [-0.2, -0.15) is 0 Å². The summed E-state index contributed by atoms with van der Waals surface area (Å²) in [6.45, 7) is 0.310. The van der Waals surface area contributed by atoms with E-state index in [-0.39, 0.29) is 18.3 Å².